The molecule has 1 saturated carbocycles. The number of anilines is 1. The summed E-state index contributed by atoms with van der Waals surface area (Å²) in [5.41, 5.74) is 0. The summed E-state index contributed by atoms with van der Waals surface area (Å²) < 4.78 is 4.66. The van der Waals surface area contributed by atoms with E-state index in [1.54, 1.807) is 13.8 Å². The molecule has 0 atom stereocenters. The molecule has 1 aromatic heterocycles. The van der Waals surface area contributed by atoms with Gasteiger partial charge in [-0.25, -0.2) is 0 Å². The highest BCUT2D eigenvalue weighted by Crippen LogP contribution is 2.39. The molecular formula is C9H12BrN3O2. The smallest absolute Gasteiger partial charge is 0.322 e. The molecule has 1 heterocycles. The fourth-order valence-electron chi connectivity index (χ4n) is 1.03. The Balaban J connectivity index is 2.01. The van der Waals surface area contributed by atoms with Crippen LogP contribution >= 0.6 is 15.9 Å². The zero-order valence-electron chi connectivity index (χ0n) is 8.58. The summed E-state index contributed by atoms with van der Waals surface area (Å²) >= 11 is 3.25. The van der Waals surface area contributed by atoms with Gasteiger partial charge in [0.2, 0.25) is 11.8 Å². The summed E-state index contributed by atoms with van der Waals surface area (Å²) in [7, 11) is 0. The normalized spacial score (nSPS) is 16.5. The average Bonchev–Trinajstić information content (AvgIpc) is 2.87. The molecule has 0 aliphatic heterocycles. The average molecular weight is 274 g/mol. The van der Waals surface area contributed by atoms with Crippen LogP contribution in [-0.4, -0.2) is 20.4 Å². The monoisotopic (exact) mass is 273 g/mol. The van der Waals surface area contributed by atoms with Crippen molar-refractivity contribution in [3.8, 4) is 0 Å². The van der Waals surface area contributed by atoms with E-state index in [1.165, 1.54) is 0 Å². The molecule has 5 nitrogen and oxygen atoms in total. The maximum absolute atomic E-state index is 11.5. The molecule has 0 saturated heterocycles. The number of aromatic nitrogens is 2. The van der Waals surface area contributed by atoms with E-state index in [0.29, 0.717) is 11.8 Å². The zero-order valence-corrected chi connectivity index (χ0v) is 10.2. The van der Waals surface area contributed by atoms with Gasteiger partial charge in [0.25, 0.3) is 0 Å². The molecule has 82 valence electrons. The second-order valence-electron chi connectivity index (χ2n) is 4.15. The Labute approximate surface area is 95.8 Å². The molecule has 0 spiro atoms. The van der Waals surface area contributed by atoms with Crippen molar-refractivity contribution in [3.05, 3.63) is 5.89 Å². The van der Waals surface area contributed by atoms with E-state index in [4.69, 9.17) is 4.42 Å². The van der Waals surface area contributed by atoms with Crippen molar-refractivity contribution in [2.24, 2.45) is 0 Å². The first-order chi connectivity index (χ1) is 6.97. The lowest BCUT2D eigenvalue weighted by molar-refractivity contribution is -0.117. The Bertz CT molecular complexity index is 379. The van der Waals surface area contributed by atoms with Crippen molar-refractivity contribution in [2.75, 3.05) is 5.32 Å². The molecule has 1 N–H and O–H groups in total. The number of carbonyl (C=O) groups excluding carboxylic acids is 1. The fraction of sp³-hybridized carbons (Fsp3) is 0.667. The predicted molar refractivity (Wildman–Crippen MR) is 57.9 cm³/mol. The van der Waals surface area contributed by atoms with Crippen molar-refractivity contribution in [1.82, 2.24) is 10.2 Å². The van der Waals surface area contributed by atoms with Crippen LogP contribution in [0.5, 0.6) is 0 Å². The summed E-state index contributed by atoms with van der Waals surface area (Å²) in [4.78, 5) is 11.5. The number of carbonyl (C=O) groups is 1. The van der Waals surface area contributed by atoms with Crippen LogP contribution in [-0.2, 0) is 4.79 Å². The highest BCUT2D eigenvalue weighted by molar-refractivity contribution is 9.10. The van der Waals surface area contributed by atoms with Crippen LogP contribution in [0.2, 0.25) is 0 Å². The first-order valence-electron chi connectivity index (χ1n) is 4.80. The molecule has 2 rings (SSSR count). The maximum atomic E-state index is 11.5. The zero-order chi connectivity index (χ0) is 11.1. The van der Waals surface area contributed by atoms with E-state index in [-0.39, 0.29) is 11.9 Å². The Morgan fingerprint density at radius 1 is 1.53 bits per heavy atom. The lowest BCUT2D eigenvalue weighted by atomic mass is 10.2. The molecule has 0 aromatic carbocycles. The van der Waals surface area contributed by atoms with Gasteiger partial charge in [0.05, 0.1) is 4.32 Å². The summed E-state index contributed by atoms with van der Waals surface area (Å²) in [5, 5.41) is 10.2. The van der Waals surface area contributed by atoms with Gasteiger partial charge in [-0.2, -0.15) is 0 Å². The predicted octanol–water partition coefficient (Wildman–Crippen LogP) is 2.06. The van der Waals surface area contributed by atoms with Crippen LogP contribution in [0.25, 0.3) is 0 Å². The van der Waals surface area contributed by atoms with Crippen LogP contribution < -0.4 is 5.32 Å². The first kappa shape index (κ1) is 10.6. The van der Waals surface area contributed by atoms with Gasteiger partial charge in [-0.15, -0.1) is 5.10 Å². The largest absolute Gasteiger partial charge is 0.408 e. The number of alkyl halides is 1. The topological polar surface area (TPSA) is 68.0 Å². The van der Waals surface area contributed by atoms with E-state index >= 15 is 0 Å². The molecule has 1 aromatic rings. The third kappa shape index (κ3) is 2.56. The first-order valence-corrected chi connectivity index (χ1v) is 5.60. The number of hydrogen-bond acceptors (Lipinski definition) is 4. The van der Waals surface area contributed by atoms with Gasteiger partial charge >= 0.3 is 6.01 Å². The highest BCUT2D eigenvalue weighted by Gasteiger charge is 2.30. The Morgan fingerprint density at radius 3 is 2.73 bits per heavy atom. The molecule has 1 amide bonds. The quantitative estimate of drug-likeness (QED) is 0.856. The van der Waals surface area contributed by atoms with Gasteiger partial charge in [-0.05, 0) is 26.7 Å². The maximum Gasteiger partial charge on any atom is 0.322 e. The number of hydrogen-bond donors (Lipinski definition) is 1. The number of amides is 1. The summed E-state index contributed by atoms with van der Waals surface area (Å²) in [6.07, 6.45) is 2.19. The summed E-state index contributed by atoms with van der Waals surface area (Å²) in [6.45, 7) is 3.50. The molecule has 1 aliphatic rings. The van der Waals surface area contributed by atoms with Crippen LogP contribution in [0, 0.1) is 0 Å². The molecular weight excluding hydrogens is 262 g/mol. The van der Waals surface area contributed by atoms with E-state index < -0.39 is 4.32 Å². The third-order valence-electron chi connectivity index (χ3n) is 2.13. The molecule has 0 radical (unpaired) electrons. The van der Waals surface area contributed by atoms with Gasteiger partial charge in [0, 0.05) is 5.92 Å². The molecule has 15 heavy (non-hydrogen) atoms. The minimum atomic E-state index is -0.638. The van der Waals surface area contributed by atoms with Crippen LogP contribution in [0.4, 0.5) is 6.01 Å². The van der Waals surface area contributed by atoms with E-state index in [1.807, 2.05) is 0 Å². The second kappa shape index (κ2) is 3.59. The molecule has 1 aliphatic carbocycles. The van der Waals surface area contributed by atoms with Crippen LogP contribution in [0.3, 0.4) is 0 Å². The lowest BCUT2D eigenvalue weighted by Crippen LogP contribution is -2.31. The highest BCUT2D eigenvalue weighted by atomic mass is 79.9. The van der Waals surface area contributed by atoms with E-state index in [9.17, 15) is 4.79 Å². The van der Waals surface area contributed by atoms with Crippen LogP contribution in [0.1, 0.15) is 38.5 Å². The van der Waals surface area contributed by atoms with Crippen molar-refractivity contribution in [1.29, 1.82) is 0 Å². The molecule has 0 unspecified atom stereocenters. The number of halogens is 1. The Hall–Kier alpha value is -0.910. The van der Waals surface area contributed by atoms with Crippen molar-refractivity contribution >= 4 is 27.9 Å². The number of nitrogens with one attached hydrogen (secondary N) is 1. The van der Waals surface area contributed by atoms with Gasteiger partial charge in [0.15, 0.2) is 0 Å². The van der Waals surface area contributed by atoms with Gasteiger partial charge in [-0.3, -0.25) is 10.1 Å². The molecule has 6 heteroatoms. The molecule has 0 bridgehead atoms. The van der Waals surface area contributed by atoms with Gasteiger partial charge in [-0.1, -0.05) is 21.0 Å². The minimum absolute atomic E-state index is 0.175. The standard InChI is InChI=1S/C9H12BrN3O2/c1-9(2,10)7(14)11-8-13-12-6(15-8)5-3-4-5/h5H,3-4H2,1-2H3,(H,11,13,14). The Kier molecular flexibility index (Phi) is 2.54. The fourth-order valence-corrected chi connectivity index (χ4v) is 1.13. The minimum Gasteiger partial charge on any atom is -0.408 e. The van der Waals surface area contributed by atoms with E-state index in [0.717, 1.165) is 12.8 Å². The van der Waals surface area contributed by atoms with Gasteiger partial charge < -0.3 is 4.42 Å². The summed E-state index contributed by atoms with van der Waals surface area (Å²) in [5.74, 6) is 0.825. The SMILES string of the molecule is CC(C)(Br)C(=O)Nc1nnc(C2CC2)o1. The lowest BCUT2D eigenvalue weighted by Gasteiger charge is -2.12. The molecule has 1 fully saturated rings. The van der Waals surface area contributed by atoms with E-state index in [2.05, 4.69) is 31.4 Å². The van der Waals surface area contributed by atoms with Crippen molar-refractivity contribution in [3.63, 3.8) is 0 Å². The van der Waals surface area contributed by atoms with Crippen molar-refractivity contribution in [2.45, 2.75) is 36.9 Å². The second-order valence-corrected chi connectivity index (χ2v) is 6.13. The number of rotatable bonds is 3. The summed E-state index contributed by atoms with van der Waals surface area (Å²) in [6, 6.07) is 0.175. The van der Waals surface area contributed by atoms with Crippen LogP contribution in [0.15, 0.2) is 4.42 Å². The van der Waals surface area contributed by atoms with Crippen molar-refractivity contribution < 1.29 is 9.21 Å². The third-order valence-corrected chi connectivity index (χ3v) is 2.49. The Morgan fingerprint density at radius 2 is 2.20 bits per heavy atom. The number of nitrogens with zero attached hydrogens (tertiary/aromatic N) is 2. The van der Waals surface area contributed by atoms with Gasteiger partial charge in [0.1, 0.15) is 0 Å².